The number of hydrogen-bond donors (Lipinski definition) is 1. The normalized spacial score (nSPS) is 12.9. The van der Waals surface area contributed by atoms with Gasteiger partial charge in [-0.2, -0.15) is 13.2 Å². The third kappa shape index (κ3) is 6.12. The average Bonchev–Trinajstić information content (AvgIpc) is 2.65. The lowest BCUT2D eigenvalue weighted by Crippen LogP contribution is -2.47. The van der Waals surface area contributed by atoms with Crippen LogP contribution in [-0.2, 0) is 27.5 Å². The van der Waals surface area contributed by atoms with Crippen LogP contribution in [0, 0.1) is 0 Å². The predicted molar refractivity (Wildman–Crippen MR) is 108 cm³/mol. The van der Waals surface area contributed by atoms with Crippen molar-refractivity contribution in [3.8, 4) is 5.75 Å². The molecule has 6 nitrogen and oxygen atoms in total. The molecule has 0 aliphatic rings. The van der Waals surface area contributed by atoms with Crippen molar-refractivity contribution in [3.05, 3.63) is 59.7 Å². The van der Waals surface area contributed by atoms with Gasteiger partial charge in [0.25, 0.3) is 0 Å². The molecule has 1 amide bonds. The minimum absolute atomic E-state index is 0.101. The number of carbonyl (C=O) groups is 1. The van der Waals surface area contributed by atoms with E-state index in [2.05, 4.69) is 5.32 Å². The molecule has 2 rings (SSSR count). The first-order valence-electron chi connectivity index (χ1n) is 9.09. The van der Waals surface area contributed by atoms with Gasteiger partial charge >= 0.3 is 6.18 Å². The molecule has 0 unspecified atom stereocenters. The van der Waals surface area contributed by atoms with Crippen LogP contribution in [0.4, 0.5) is 18.9 Å². The minimum Gasteiger partial charge on any atom is -0.494 e. The molecule has 0 bridgehead atoms. The van der Waals surface area contributed by atoms with E-state index in [1.54, 1.807) is 24.3 Å². The van der Waals surface area contributed by atoms with Gasteiger partial charge in [0.15, 0.2) is 0 Å². The fourth-order valence-electron chi connectivity index (χ4n) is 2.88. The molecular formula is C20H23F3N2O4S. The van der Waals surface area contributed by atoms with Gasteiger partial charge in [0.05, 0.1) is 24.1 Å². The molecule has 2 aromatic carbocycles. The molecule has 0 saturated heterocycles. The van der Waals surface area contributed by atoms with E-state index in [0.29, 0.717) is 22.7 Å². The van der Waals surface area contributed by atoms with Gasteiger partial charge in [-0.3, -0.25) is 9.10 Å². The highest BCUT2D eigenvalue weighted by Crippen LogP contribution is 2.32. The molecule has 0 heterocycles. The van der Waals surface area contributed by atoms with E-state index in [0.717, 1.165) is 24.0 Å². The molecule has 0 aliphatic carbocycles. The van der Waals surface area contributed by atoms with Crippen LogP contribution < -0.4 is 14.4 Å². The molecule has 0 radical (unpaired) electrons. The molecule has 1 N–H and O–H groups in total. The van der Waals surface area contributed by atoms with Crippen molar-refractivity contribution in [2.75, 3.05) is 17.2 Å². The number of benzene rings is 2. The third-order valence-corrected chi connectivity index (χ3v) is 5.43. The summed E-state index contributed by atoms with van der Waals surface area (Å²) >= 11 is 0. The van der Waals surface area contributed by atoms with E-state index in [4.69, 9.17) is 4.74 Å². The van der Waals surface area contributed by atoms with E-state index in [-0.39, 0.29) is 12.2 Å². The Morgan fingerprint density at radius 1 is 1.17 bits per heavy atom. The van der Waals surface area contributed by atoms with Crippen molar-refractivity contribution in [1.29, 1.82) is 0 Å². The maximum atomic E-state index is 13.0. The number of amides is 1. The van der Waals surface area contributed by atoms with Crippen LogP contribution in [0.3, 0.4) is 0 Å². The van der Waals surface area contributed by atoms with Gasteiger partial charge in [-0.15, -0.1) is 0 Å². The summed E-state index contributed by atoms with van der Waals surface area (Å²) in [6, 6.07) is 9.59. The highest BCUT2D eigenvalue weighted by molar-refractivity contribution is 7.92. The smallest absolute Gasteiger partial charge is 0.416 e. The number of ether oxygens (including phenoxy) is 1. The summed E-state index contributed by atoms with van der Waals surface area (Å²) in [6.45, 7) is 3.73. The molecule has 1 atom stereocenters. The predicted octanol–water partition coefficient (Wildman–Crippen LogP) is 3.58. The lowest BCUT2D eigenvalue weighted by atomic mass is 10.1. The molecule has 2 aromatic rings. The Bertz CT molecular complexity index is 994. The summed E-state index contributed by atoms with van der Waals surface area (Å²) in [4.78, 5) is 12.6. The lowest BCUT2D eigenvalue weighted by Gasteiger charge is -2.28. The van der Waals surface area contributed by atoms with Crippen LogP contribution in [-0.4, -0.2) is 33.2 Å². The Hall–Kier alpha value is -2.75. The fraction of sp³-hybridized carbons (Fsp3) is 0.350. The van der Waals surface area contributed by atoms with Crippen LogP contribution >= 0.6 is 0 Å². The van der Waals surface area contributed by atoms with Crippen molar-refractivity contribution >= 4 is 21.6 Å². The van der Waals surface area contributed by atoms with Gasteiger partial charge < -0.3 is 10.1 Å². The largest absolute Gasteiger partial charge is 0.494 e. The van der Waals surface area contributed by atoms with Crippen molar-refractivity contribution < 1.29 is 31.1 Å². The number of rotatable bonds is 8. The zero-order valence-electron chi connectivity index (χ0n) is 16.7. The monoisotopic (exact) mass is 444 g/mol. The van der Waals surface area contributed by atoms with Gasteiger partial charge in [0, 0.05) is 6.54 Å². The second-order valence-corrected chi connectivity index (χ2v) is 8.44. The maximum Gasteiger partial charge on any atom is 0.416 e. The highest BCUT2D eigenvalue weighted by Gasteiger charge is 2.34. The summed E-state index contributed by atoms with van der Waals surface area (Å²) in [6.07, 6.45) is -3.81. The Labute approximate surface area is 173 Å². The number of nitrogens with zero attached hydrogens (tertiary/aromatic N) is 1. The zero-order valence-corrected chi connectivity index (χ0v) is 17.5. The number of sulfonamides is 1. The number of nitrogens with one attached hydrogen (secondary N) is 1. The summed E-state index contributed by atoms with van der Waals surface area (Å²) in [5, 5.41) is 2.61. The fourth-order valence-corrected chi connectivity index (χ4v) is 4.04. The summed E-state index contributed by atoms with van der Waals surface area (Å²) in [5.74, 6) is -0.0290. The Morgan fingerprint density at radius 3 is 2.43 bits per heavy atom. The number of halogens is 3. The van der Waals surface area contributed by atoms with Crippen LogP contribution in [0.5, 0.6) is 5.75 Å². The standard InChI is InChI=1S/C20H23F3N2O4S/c1-4-29-18-10-5-7-15(11-18)13-24-19(26)14(2)25(30(3,27)28)17-9-6-8-16(12-17)20(21,22)23/h5-12,14H,4,13H2,1-3H3,(H,24,26)/t14-/m0/s1. The van der Waals surface area contributed by atoms with Crippen molar-refractivity contribution in [3.63, 3.8) is 0 Å². The lowest BCUT2D eigenvalue weighted by molar-refractivity contribution is -0.137. The van der Waals surface area contributed by atoms with Crippen molar-refractivity contribution in [1.82, 2.24) is 5.32 Å². The average molecular weight is 444 g/mol. The van der Waals surface area contributed by atoms with E-state index in [1.807, 2.05) is 6.92 Å². The number of carbonyl (C=O) groups excluding carboxylic acids is 1. The quantitative estimate of drug-likeness (QED) is 0.676. The van der Waals surface area contributed by atoms with Crippen molar-refractivity contribution in [2.45, 2.75) is 32.6 Å². The summed E-state index contributed by atoms with van der Waals surface area (Å²) in [5.41, 5.74) is -0.520. The molecular weight excluding hydrogens is 421 g/mol. The van der Waals surface area contributed by atoms with Crippen LogP contribution in [0.2, 0.25) is 0 Å². The number of anilines is 1. The Kier molecular flexibility index (Phi) is 7.35. The second kappa shape index (κ2) is 9.38. The van der Waals surface area contributed by atoms with Gasteiger partial charge in [-0.05, 0) is 49.7 Å². The SMILES string of the molecule is CCOc1cccc(CNC(=O)[C@H](C)N(c2cccc(C(F)(F)F)c2)S(C)(=O)=O)c1. The first kappa shape index (κ1) is 23.5. The van der Waals surface area contributed by atoms with Gasteiger partial charge in [0.1, 0.15) is 11.8 Å². The molecule has 0 aromatic heterocycles. The second-order valence-electron chi connectivity index (χ2n) is 6.58. The Morgan fingerprint density at radius 2 is 1.83 bits per heavy atom. The topological polar surface area (TPSA) is 75.7 Å². The van der Waals surface area contributed by atoms with Crippen molar-refractivity contribution in [2.24, 2.45) is 0 Å². The van der Waals surface area contributed by atoms with E-state index in [9.17, 15) is 26.4 Å². The molecule has 0 fully saturated rings. The van der Waals surface area contributed by atoms with Gasteiger partial charge in [-0.25, -0.2) is 8.42 Å². The first-order chi connectivity index (χ1) is 13.9. The zero-order chi connectivity index (χ0) is 22.5. The van der Waals surface area contributed by atoms with Crippen LogP contribution in [0.25, 0.3) is 0 Å². The van der Waals surface area contributed by atoms with Crippen LogP contribution in [0.15, 0.2) is 48.5 Å². The van der Waals surface area contributed by atoms with E-state index >= 15 is 0 Å². The third-order valence-electron chi connectivity index (χ3n) is 4.19. The highest BCUT2D eigenvalue weighted by atomic mass is 32.2. The molecule has 0 spiro atoms. The molecule has 30 heavy (non-hydrogen) atoms. The Balaban J connectivity index is 2.22. The molecule has 0 saturated carbocycles. The molecule has 0 aliphatic heterocycles. The summed E-state index contributed by atoms with van der Waals surface area (Å²) < 4.78 is 69.7. The first-order valence-corrected chi connectivity index (χ1v) is 10.9. The van der Waals surface area contributed by atoms with Crippen LogP contribution in [0.1, 0.15) is 25.0 Å². The molecule has 10 heteroatoms. The number of alkyl halides is 3. The summed E-state index contributed by atoms with van der Waals surface area (Å²) in [7, 11) is -4.04. The van der Waals surface area contributed by atoms with E-state index < -0.39 is 33.7 Å². The van der Waals surface area contributed by atoms with Gasteiger partial charge in [0.2, 0.25) is 15.9 Å². The molecule has 164 valence electrons. The van der Waals surface area contributed by atoms with E-state index in [1.165, 1.54) is 13.0 Å². The number of hydrogen-bond acceptors (Lipinski definition) is 4. The van der Waals surface area contributed by atoms with Gasteiger partial charge in [-0.1, -0.05) is 18.2 Å². The minimum atomic E-state index is -4.64. The maximum absolute atomic E-state index is 13.0.